The van der Waals surface area contributed by atoms with Crippen LogP contribution in [-0.4, -0.2) is 22.7 Å². The van der Waals surface area contributed by atoms with Gasteiger partial charge in [0, 0.05) is 5.38 Å². The summed E-state index contributed by atoms with van der Waals surface area (Å²) in [6.45, 7) is 5.63. The molecule has 0 spiro atoms. The summed E-state index contributed by atoms with van der Waals surface area (Å²) in [5.74, 6) is 0. The molecule has 0 unspecified atom stereocenters. The molecule has 1 aromatic heterocycles. The van der Waals surface area contributed by atoms with Crippen molar-refractivity contribution in [2.45, 2.75) is 13.8 Å². The first-order chi connectivity index (χ1) is 5.74. The third-order valence-corrected chi connectivity index (χ3v) is 1.91. The minimum Gasteiger partial charge on any atom is -0.411 e. The second-order valence-corrected chi connectivity index (χ2v) is 3.00. The van der Waals surface area contributed by atoms with Crippen molar-refractivity contribution in [2.24, 2.45) is 5.16 Å². The van der Waals surface area contributed by atoms with Crippen LogP contribution in [-0.2, 0) is 4.79 Å². The molecule has 4 nitrogen and oxygen atoms in total. The second-order valence-electron chi connectivity index (χ2n) is 1.94. The number of hydrogen-bond donors (Lipinski definition) is 1. The van der Waals surface area contributed by atoms with Gasteiger partial charge >= 0.3 is 0 Å². The predicted octanol–water partition coefficient (Wildman–Crippen LogP) is 1.46. The Kier molecular flexibility index (Phi) is 4.87. The molecule has 1 rings (SSSR count). The number of nitrogens with zero attached hydrogens (tertiary/aromatic N) is 2. The summed E-state index contributed by atoms with van der Waals surface area (Å²) in [4.78, 5) is 12.1. The van der Waals surface area contributed by atoms with Gasteiger partial charge in [-0.15, -0.1) is 11.3 Å². The van der Waals surface area contributed by atoms with E-state index < -0.39 is 0 Å². The summed E-state index contributed by atoms with van der Waals surface area (Å²) in [6.07, 6.45) is 0. The van der Waals surface area contributed by atoms with E-state index in [1.807, 2.05) is 19.1 Å². The van der Waals surface area contributed by atoms with Crippen LogP contribution in [0.3, 0.4) is 0 Å². The SMILES string of the molecule is C/C(=N\O)c1csc(C)n1.C=O. The lowest BCUT2D eigenvalue weighted by atomic mass is 10.3. The van der Waals surface area contributed by atoms with Gasteiger partial charge in [0.05, 0.1) is 10.7 Å². The molecule has 0 radical (unpaired) electrons. The molecule has 0 aliphatic carbocycles. The summed E-state index contributed by atoms with van der Waals surface area (Å²) in [7, 11) is 0. The molecule has 12 heavy (non-hydrogen) atoms. The lowest BCUT2D eigenvalue weighted by molar-refractivity contribution is -0.0979. The largest absolute Gasteiger partial charge is 0.411 e. The van der Waals surface area contributed by atoms with Gasteiger partial charge in [0.1, 0.15) is 12.5 Å². The number of rotatable bonds is 1. The molecule has 0 aliphatic heterocycles. The molecule has 0 bridgehead atoms. The lowest BCUT2D eigenvalue weighted by Gasteiger charge is -1.86. The van der Waals surface area contributed by atoms with Crippen LogP contribution >= 0.6 is 11.3 Å². The minimum atomic E-state index is 0.560. The smallest absolute Gasteiger partial charge is 0.106 e. The van der Waals surface area contributed by atoms with E-state index >= 15 is 0 Å². The Hall–Kier alpha value is -1.23. The van der Waals surface area contributed by atoms with Crippen LogP contribution in [0.1, 0.15) is 17.6 Å². The van der Waals surface area contributed by atoms with E-state index in [1.54, 1.807) is 18.3 Å². The highest BCUT2D eigenvalue weighted by Gasteiger charge is 2.00. The van der Waals surface area contributed by atoms with Crippen molar-refractivity contribution in [3.63, 3.8) is 0 Å². The van der Waals surface area contributed by atoms with Crippen molar-refractivity contribution in [1.82, 2.24) is 4.98 Å². The van der Waals surface area contributed by atoms with Crippen molar-refractivity contribution in [2.75, 3.05) is 0 Å². The first-order valence-electron chi connectivity index (χ1n) is 3.14. The maximum absolute atomic E-state index is 8.35. The van der Waals surface area contributed by atoms with Gasteiger partial charge in [-0.1, -0.05) is 5.16 Å². The third-order valence-electron chi connectivity index (χ3n) is 1.14. The number of oxime groups is 1. The maximum atomic E-state index is 8.35. The van der Waals surface area contributed by atoms with Crippen molar-refractivity contribution in [3.05, 3.63) is 16.1 Å². The van der Waals surface area contributed by atoms with Gasteiger partial charge in [-0.3, -0.25) is 0 Å². The van der Waals surface area contributed by atoms with Gasteiger partial charge in [0.15, 0.2) is 0 Å². The minimum absolute atomic E-state index is 0.560. The van der Waals surface area contributed by atoms with E-state index in [2.05, 4.69) is 10.1 Å². The molecule has 66 valence electrons. The summed E-state index contributed by atoms with van der Waals surface area (Å²) in [5, 5.41) is 14.2. The highest BCUT2D eigenvalue weighted by atomic mass is 32.1. The number of aromatic nitrogens is 1. The molecule has 1 aromatic rings. The fraction of sp³-hybridized carbons (Fsp3) is 0.286. The summed E-state index contributed by atoms with van der Waals surface area (Å²) >= 11 is 1.55. The normalized spacial score (nSPS) is 10.3. The van der Waals surface area contributed by atoms with Crippen LogP contribution < -0.4 is 0 Å². The zero-order chi connectivity index (χ0) is 9.56. The summed E-state index contributed by atoms with van der Waals surface area (Å²) < 4.78 is 0. The number of thiazole rings is 1. The highest BCUT2D eigenvalue weighted by Crippen LogP contribution is 2.08. The van der Waals surface area contributed by atoms with Crippen molar-refractivity contribution in [1.29, 1.82) is 0 Å². The first kappa shape index (κ1) is 10.8. The van der Waals surface area contributed by atoms with Gasteiger partial charge in [-0.2, -0.15) is 0 Å². The number of carbonyl (C=O) groups excluding carboxylic acids is 1. The van der Waals surface area contributed by atoms with Gasteiger partial charge < -0.3 is 10.0 Å². The van der Waals surface area contributed by atoms with Crippen LogP contribution in [0.2, 0.25) is 0 Å². The van der Waals surface area contributed by atoms with Crippen LogP contribution in [0, 0.1) is 6.92 Å². The van der Waals surface area contributed by atoms with E-state index in [1.165, 1.54) is 0 Å². The van der Waals surface area contributed by atoms with Crippen LogP contribution in [0.5, 0.6) is 0 Å². The maximum Gasteiger partial charge on any atom is 0.106 e. The van der Waals surface area contributed by atoms with E-state index in [0.29, 0.717) is 5.71 Å². The van der Waals surface area contributed by atoms with Gasteiger partial charge in [0.25, 0.3) is 0 Å². The Morgan fingerprint density at radius 2 is 2.33 bits per heavy atom. The summed E-state index contributed by atoms with van der Waals surface area (Å²) in [5.41, 5.74) is 1.31. The quantitative estimate of drug-likeness (QED) is 0.410. The molecule has 1 heterocycles. The molecule has 0 aromatic carbocycles. The van der Waals surface area contributed by atoms with E-state index in [4.69, 9.17) is 10.0 Å². The number of carbonyl (C=O) groups is 1. The monoisotopic (exact) mass is 186 g/mol. The van der Waals surface area contributed by atoms with E-state index in [0.717, 1.165) is 10.7 Å². The Morgan fingerprint density at radius 3 is 2.67 bits per heavy atom. The second kappa shape index (κ2) is 5.42. The fourth-order valence-corrected chi connectivity index (χ4v) is 1.24. The van der Waals surface area contributed by atoms with Crippen molar-refractivity contribution in [3.8, 4) is 0 Å². The molecule has 1 N–H and O–H groups in total. The zero-order valence-electron chi connectivity index (χ0n) is 6.94. The Labute approximate surface area is 74.6 Å². The molecule has 0 saturated heterocycles. The molecule has 5 heteroatoms. The topological polar surface area (TPSA) is 62.6 Å². The Bertz CT molecular complexity index is 270. The molecule has 0 saturated carbocycles. The van der Waals surface area contributed by atoms with Gasteiger partial charge in [-0.25, -0.2) is 4.98 Å². The molecule has 0 fully saturated rings. The van der Waals surface area contributed by atoms with Crippen LogP contribution in [0.4, 0.5) is 0 Å². The number of hydrogen-bond acceptors (Lipinski definition) is 5. The third kappa shape index (κ3) is 2.79. The molecule has 0 amide bonds. The Balaban J connectivity index is 0.000000561. The van der Waals surface area contributed by atoms with Crippen LogP contribution in [0.25, 0.3) is 0 Å². The van der Waals surface area contributed by atoms with Crippen molar-refractivity contribution >= 4 is 23.8 Å². The Morgan fingerprint density at radius 1 is 1.75 bits per heavy atom. The number of aryl methyl sites for hydroxylation is 1. The fourth-order valence-electron chi connectivity index (χ4n) is 0.581. The van der Waals surface area contributed by atoms with Crippen molar-refractivity contribution < 1.29 is 10.0 Å². The molecular formula is C7H10N2O2S. The lowest BCUT2D eigenvalue weighted by Crippen LogP contribution is -1.93. The zero-order valence-corrected chi connectivity index (χ0v) is 7.76. The average Bonchev–Trinajstić information content (AvgIpc) is 2.54. The molecule has 0 atom stereocenters. The standard InChI is InChI=1S/C6H8N2OS.CH2O/c1-4(8-9)6-3-10-5(2)7-6;1-2/h3,9H,1-2H3;1H2/b8-4+;. The first-order valence-corrected chi connectivity index (χ1v) is 4.02. The van der Waals surface area contributed by atoms with E-state index in [-0.39, 0.29) is 0 Å². The average molecular weight is 186 g/mol. The van der Waals surface area contributed by atoms with E-state index in [9.17, 15) is 0 Å². The highest BCUT2D eigenvalue weighted by molar-refractivity contribution is 7.09. The molecular weight excluding hydrogens is 176 g/mol. The van der Waals surface area contributed by atoms with Gasteiger partial charge in [-0.05, 0) is 13.8 Å². The van der Waals surface area contributed by atoms with Crippen LogP contribution in [0.15, 0.2) is 10.5 Å². The molecule has 0 aliphatic rings. The van der Waals surface area contributed by atoms with Gasteiger partial charge in [0.2, 0.25) is 0 Å². The summed E-state index contributed by atoms with van der Waals surface area (Å²) in [6, 6.07) is 0. The predicted molar refractivity (Wildman–Crippen MR) is 48.0 cm³/mol.